The van der Waals surface area contributed by atoms with Gasteiger partial charge in [0.05, 0.1) is 6.42 Å². The van der Waals surface area contributed by atoms with Crippen LogP contribution in [-0.4, -0.2) is 52.8 Å². The molecule has 1 saturated heterocycles. The highest BCUT2D eigenvalue weighted by Gasteiger charge is 2.21. The van der Waals surface area contributed by atoms with Crippen LogP contribution in [-0.2, 0) is 9.68 Å². The van der Waals surface area contributed by atoms with Gasteiger partial charge in [-0.05, 0) is 43.2 Å². The molecule has 0 bridgehead atoms. The minimum atomic E-state index is -0.787. The van der Waals surface area contributed by atoms with E-state index >= 15 is 0 Å². The average Bonchev–Trinajstić information content (AvgIpc) is 2.74. The number of nitrogens with one attached hydrogen (secondary N) is 2. The van der Waals surface area contributed by atoms with Crippen LogP contribution in [0.15, 0.2) is 42.7 Å². The Labute approximate surface area is 162 Å². The lowest BCUT2D eigenvalue weighted by Crippen LogP contribution is -2.42. The Morgan fingerprint density at radius 3 is 2.68 bits per heavy atom. The third-order valence-corrected chi connectivity index (χ3v) is 4.53. The van der Waals surface area contributed by atoms with E-state index in [0.29, 0.717) is 11.5 Å². The van der Waals surface area contributed by atoms with Crippen molar-refractivity contribution in [3.63, 3.8) is 0 Å². The molecule has 0 saturated carbocycles. The maximum absolute atomic E-state index is 12.1. The van der Waals surface area contributed by atoms with Gasteiger partial charge in [0.15, 0.2) is 0 Å². The predicted molar refractivity (Wildman–Crippen MR) is 103 cm³/mol. The van der Waals surface area contributed by atoms with Crippen molar-refractivity contribution in [2.24, 2.45) is 0 Å². The smallest absolute Gasteiger partial charge is 0.343 e. The van der Waals surface area contributed by atoms with Crippen LogP contribution in [0.4, 0.5) is 11.6 Å². The van der Waals surface area contributed by atoms with E-state index in [9.17, 15) is 9.59 Å². The van der Waals surface area contributed by atoms with E-state index in [1.165, 1.54) is 0 Å². The number of benzene rings is 1. The summed E-state index contributed by atoms with van der Waals surface area (Å²) in [6.45, 7) is 1.87. The van der Waals surface area contributed by atoms with Crippen LogP contribution in [0.3, 0.4) is 0 Å². The van der Waals surface area contributed by atoms with Gasteiger partial charge in [-0.15, -0.1) is 0 Å². The van der Waals surface area contributed by atoms with Gasteiger partial charge in [-0.1, -0.05) is 0 Å². The van der Waals surface area contributed by atoms with E-state index in [1.54, 1.807) is 30.6 Å². The minimum Gasteiger partial charge on any atom is -0.369 e. The quantitative estimate of drug-likeness (QED) is 0.487. The van der Waals surface area contributed by atoms with Gasteiger partial charge in [-0.2, -0.15) is 5.26 Å². The molecular weight excluding hydrogens is 362 g/mol. The Bertz CT molecular complexity index is 785. The standard InChI is InChI=1S/C19H23N5O4/c25-17(28-27)8-11-20-18(26)14-4-6-16(7-5-14)24-12-1-3-15(13-24)23-19-21-9-2-10-22-19/h2,4-7,9-10,15,27H,1,3,8,11-13H2,(H,20,26)(H,21,22,23)/t15-/m0/s1. The van der Waals surface area contributed by atoms with Crippen molar-refractivity contribution in [2.75, 3.05) is 29.9 Å². The monoisotopic (exact) mass is 385 g/mol. The number of hydrogen-bond acceptors (Lipinski definition) is 8. The lowest BCUT2D eigenvalue weighted by molar-refractivity contribution is -0.234. The Morgan fingerprint density at radius 1 is 1.21 bits per heavy atom. The van der Waals surface area contributed by atoms with Crippen molar-refractivity contribution in [1.82, 2.24) is 15.3 Å². The molecule has 9 heteroatoms. The van der Waals surface area contributed by atoms with Crippen LogP contribution < -0.4 is 15.5 Å². The van der Waals surface area contributed by atoms with E-state index in [2.05, 4.69) is 30.4 Å². The number of aromatic nitrogens is 2. The average molecular weight is 385 g/mol. The number of carbonyl (C=O) groups is 2. The van der Waals surface area contributed by atoms with Gasteiger partial charge in [0.25, 0.3) is 5.91 Å². The molecule has 1 aromatic carbocycles. The molecule has 1 aromatic heterocycles. The van der Waals surface area contributed by atoms with Gasteiger partial charge in [-0.3, -0.25) is 4.79 Å². The molecule has 0 spiro atoms. The molecule has 1 amide bonds. The highest BCUT2D eigenvalue weighted by atomic mass is 17.1. The van der Waals surface area contributed by atoms with E-state index in [1.807, 2.05) is 12.1 Å². The summed E-state index contributed by atoms with van der Waals surface area (Å²) in [4.78, 5) is 37.2. The van der Waals surface area contributed by atoms with Crippen LogP contribution in [0, 0.1) is 0 Å². The molecule has 1 atom stereocenters. The third-order valence-electron chi connectivity index (χ3n) is 4.53. The highest BCUT2D eigenvalue weighted by molar-refractivity contribution is 5.94. The fraction of sp³-hybridized carbons (Fsp3) is 0.368. The number of carbonyl (C=O) groups excluding carboxylic acids is 2. The minimum absolute atomic E-state index is 0.0897. The molecule has 2 aromatic rings. The molecule has 1 fully saturated rings. The Morgan fingerprint density at radius 2 is 1.96 bits per heavy atom. The SMILES string of the molecule is O=C(CCNC(=O)c1ccc(N2CCC[C@H](Nc3ncccn3)C2)cc1)OO. The Kier molecular flexibility index (Phi) is 6.74. The number of hydrogen-bond donors (Lipinski definition) is 3. The van der Waals surface area contributed by atoms with Crippen LogP contribution in [0.1, 0.15) is 29.6 Å². The van der Waals surface area contributed by atoms with Gasteiger partial charge in [-0.25, -0.2) is 14.8 Å². The number of piperidine rings is 1. The molecule has 1 aliphatic heterocycles. The Hall–Kier alpha value is -3.20. The lowest BCUT2D eigenvalue weighted by Gasteiger charge is -2.34. The summed E-state index contributed by atoms with van der Waals surface area (Å²) >= 11 is 0. The number of rotatable bonds is 7. The first-order chi connectivity index (χ1) is 13.7. The second-order valence-electron chi connectivity index (χ2n) is 6.52. The van der Waals surface area contributed by atoms with E-state index < -0.39 is 5.97 Å². The van der Waals surface area contributed by atoms with Crippen LogP contribution in [0.5, 0.6) is 0 Å². The molecule has 0 aliphatic carbocycles. The zero-order valence-corrected chi connectivity index (χ0v) is 15.4. The molecular formula is C19H23N5O4. The lowest BCUT2D eigenvalue weighted by atomic mass is 10.0. The number of amides is 1. The summed E-state index contributed by atoms with van der Waals surface area (Å²) in [5.74, 6) is -0.437. The summed E-state index contributed by atoms with van der Waals surface area (Å²) in [7, 11) is 0. The predicted octanol–water partition coefficient (Wildman–Crippen LogP) is 1.69. The molecule has 9 nitrogen and oxygen atoms in total. The second kappa shape index (κ2) is 9.65. The molecule has 1 aliphatic rings. The molecule has 3 N–H and O–H groups in total. The van der Waals surface area contributed by atoms with Crippen LogP contribution in [0.25, 0.3) is 0 Å². The van der Waals surface area contributed by atoms with Crippen molar-refractivity contribution in [1.29, 1.82) is 0 Å². The molecule has 148 valence electrons. The second-order valence-corrected chi connectivity index (χ2v) is 6.52. The third kappa shape index (κ3) is 5.40. The van der Waals surface area contributed by atoms with Gasteiger partial charge < -0.3 is 20.4 Å². The molecule has 0 unspecified atom stereocenters. The topological polar surface area (TPSA) is 117 Å². The fourth-order valence-electron chi connectivity index (χ4n) is 3.14. The normalized spacial score (nSPS) is 16.3. The zero-order valence-electron chi connectivity index (χ0n) is 15.4. The first-order valence-electron chi connectivity index (χ1n) is 9.16. The number of nitrogens with zero attached hydrogens (tertiary/aromatic N) is 3. The summed E-state index contributed by atoms with van der Waals surface area (Å²) in [5, 5.41) is 14.2. The molecule has 3 rings (SSSR count). The van der Waals surface area contributed by atoms with Crippen molar-refractivity contribution < 1.29 is 19.7 Å². The maximum atomic E-state index is 12.1. The van der Waals surface area contributed by atoms with Crippen molar-refractivity contribution in [2.45, 2.75) is 25.3 Å². The molecule has 0 radical (unpaired) electrons. The van der Waals surface area contributed by atoms with E-state index in [-0.39, 0.29) is 24.9 Å². The van der Waals surface area contributed by atoms with Gasteiger partial charge >= 0.3 is 5.97 Å². The van der Waals surface area contributed by atoms with Crippen LogP contribution >= 0.6 is 0 Å². The van der Waals surface area contributed by atoms with E-state index in [0.717, 1.165) is 31.6 Å². The zero-order chi connectivity index (χ0) is 19.8. The first-order valence-corrected chi connectivity index (χ1v) is 9.16. The first kappa shape index (κ1) is 19.6. The maximum Gasteiger partial charge on any atom is 0.343 e. The fourth-order valence-corrected chi connectivity index (χ4v) is 3.14. The summed E-state index contributed by atoms with van der Waals surface area (Å²) in [5.41, 5.74) is 1.55. The van der Waals surface area contributed by atoms with Crippen molar-refractivity contribution in [3.05, 3.63) is 48.3 Å². The van der Waals surface area contributed by atoms with Crippen LogP contribution in [0.2, 0.25) is 0 Å². The summed E-state index contributed by atoms with van der Waals surface area (Å²) in [6, 6.07) is 9.38. The van der Waals surface area contributed by atoms with Crippen molar-refractivity contribution in [3.8, 4) is 0 Å². The molecule has 2 heterocycles. The largest absolute Gasteiger partial charge is 0.369 e. The van der Waals surface area contributed by atoms with Crippen molar-refractivity contribution >= 4 is 23.5 Å². The highest BCUT2D eigenvalue weighted by Crippen LogP contribution is 2.21. The van der Waals surface area contributed by atoms with Gasteiger partial charge in [0.1, 0.15) is 0 Å². The van der Waals surface area contributed by atoms with Gasteiger partial charge in [0, 0.05) is 49.3 Å². The summed E-state index contributed by atoms with van der Waals surface area (Å²) < 4.78 is 0. The summed E-state index contributed by atoms with van der Waals surface area (Å²) in [6.07, 6.45) is 5.44. The molecule has 28 heavy (non-hydrogen) atoms. The van der Waals surface area contributed by atoms with E-state index in [4.69, 9.17) is 5.26 Å². The Balaban J connectivity index is 1.53. The number of anilines is 2. The van der Waals surface area contributed by atoms with Gasteiger partial charge in [0.2, 0.25) is 5.95 Å².